The summed E-state index contributed by atoms with van der Waals surface area (Å²) in [5, 5.41) is 0. The van der Waals surface area contributed by atoms with E-state index in [1.807, 2.05) is 6.92 Å². The molecule has 1 fully saturated rings. The van der Waals surface area contributed by atoms with Crippen LogP contribution in [0.5, 0.6) is 0 Å². The number of morpholine rings is 1. The number of carbonyl (C=O) groups excluding carboxylic acids is 1. The highest BCUT2D eigenvalue weighted by molar-refractivity contribution is 5.99. The molecule has 0 saturated carbocycles. The Morgan fingerprint density at radius 1 is 1.53 bits per heavy atom. The summed E-state index contributed by atoms with van der Waals surface area (Å²) in [6, 6.07) is 4.57. The quantitative estimate of drug-likeness (QED) is 0.739. The minimum absolute atomic E-state index is 0.113. The molecular weight excluding hydrogens is 221 g/mol. The molecular formula is C13H16FNO2. The number of carbonyl (C=O) groups is 1. The summed E-state index contributed by atoms with van der Waals surface area (Å²) >= 11 is 0. The van der Waals surface area contributed by atoms with Crippen LogP contribution >= 0.6 is 0 Å². The molecule has 3 nitrogen and oxygen atoms in total. The minimum atomic E-state index is -0.375. The molecule has 0 amide bonds. The van der Waals surface area contributed by atoms with Gasteiger partial charge in [-0.15, -0.1) is 0 Å². The molecule has 0 bridgehead atoms. The van der Waals surface area contributed by atoms with Crippen molar-refractivity contribution in [3.05, 3.63) is 29.6 Å². The third kappa shape index (κ3) is 2.47. The first kappa shape index (κ1) is 12.0. The van der Waals surface area contributed by atoms with E-state index in [4.69, 9.17) is 4.74 Å². The second-order valence-electron chi connectivity index (χ2n) is 4.33. The maximum absolute atomic E-state index is 13.2. The Balaban J connectivity index is 2.39. The lowest BCUT2D eigenvalue weighted by Gasteiger charge is -2.36. The van der Waals surface area contributed by atoms with Crippen molar-refractivity contribution in [2.45, 2.75) is 19.9 Å². The van der Waals surface area contributed by atoms with Crippen molar-refractivity contribution in [1.29, 1.82) is 0 Å². The average molecular weight is 237 g/mol. The van der Waals surface area contributed by atoms with Crippen molar-refractivity contribution in [1.82, 2.24) is 0 Å². The average Bonchev–Trinajstić information content (AvgIpc) is 2.30. The lowest BCUT2D eigenvalue weighted by molar-refractivity contribution is 0.0973. The highest BCUT2D eigenvalue weighted by Crippen LogP contribution is 2.25. The Kier molecular flexibility index (Phi) is 3.43. The van der Waals surface area contributed by atoms with Crippen molar-refractivity contribution in [2.24, 2.45) is 0 Å². The molecule has 0 N–H and O–H groups in total. The molecule has 17 heavy (non-hydrogen) atoms. The summed E-state index contributed by atoms with van der Waals surface area (Å²) in [7, 11) is 0. The first-order valence-electron chi connectivity index (χ1n) is 5.74. The number of benzene rings is 1. The molecule has 1 aliphatic rings. The molecule has 0 spiro atoms. The normalized spacial score (nSPS) is 20.4. The number of hydrogen-bond donors (Lipinski definition) is 0. The van der Waals surface area contributed by atoms with E-state index in [-0.39, 0.29) is 17.6 Å². The fraction of sp³-hybridized carbons (Fsp3) is 0.462. The predicted octanol–water partition coefficient (Wildman–Crippen LogP) is 2.25. The Hall–Kier alpha value is -1.42. The van der Waals surface area contributed by atoms with Crippen LogP contribution in [0.2, 0.25) is 0 Å². The third-order valence-corrected chi connectivity index (χ3v) is 3.01. The second-order valence-corrected chi connectivity index (χ2v) is 4.33. The van der Waals surface area contributed by atoms with Crippen LogP contribution in [0.15, 0.2) is 18.2 Å². The van der Waals surface area contributed by atoms with Gasteiger partial charge in [-0.3, -0.25) is 4.79 Å². The van der Waals surface area contributed by atoms with Crippen molar-refractivity contribution in [2.75, 3.05) is 24.7 Å². The molecule has 2 rings (SSSR count). The zero-order valence-corrected chi connectivity index (χ0v) is 10.1. The molecule has 0 aromatic heterocycles. The fourth-order valence-electron chi connectivity index (χ4n) is 2.13. The van der Waals surface area contributed by atoms with Crippen LogP contribution in [0.4, 0.5) is 10.1 Å². The van der Waals surface area contributed by atoms with Gasteiger partial charge in [-0.2, -0.15) is 0 Å². The molecule has 0 radical (unpaired) electrons. The van der Waals surface area contributed by atoms with Crippen LogP contribution in [0.1, 0.15) is 24.2 Å². The van der Waals surface area contributed by atoms with Crippen molar-refractivity contribution >= 4 is 11.5 Å². The van der Waals surface area contributed by atoms with Gasteiger partial charge in [-0.05, 0) is 32.0 Å². The van der Waals surface area contributed by atoms with Gasteiger partial charge in [0.2, 0.25) is 0 Å². The maximum Gasteiger partial charge on any atom is 0.161 e. The highest BCUT2D eigenvalue weighted by atomic mass is 19.1. The number of rotatable bonds is 2. The van der Waals surface area contributed by atoms with Crippen molar-refractivity contribution in [3.8, 4) is 0 Å². The molecule has 1 aromatic rings. The van der Waals surface area contributed by atoms with Crippen LogP contribution < -0.4 is 4.90 Å². The molecule has 0 aliphatic carbocycles. The summed E-state index contributed by atoms with van der Waals surface area (Å²) in [6.45, 7) is 5.50. The van der Waals surface area contributed by atoms with Crippen LogP contribution in [-0.4, -0.2) is 31.6 Å². The Bertz CT molecular complexity index is 433. The number of halogens is 1. The second kappa shape index (κ2) is 4.84. The van der Waals surface area contributed by atoms with E-state index in [1.165, 1.54) is 19.1 Å². The van der Waals surface area contributed by atoms with Gasteiger partial charge in [0.25, 0.3) is 0 Å². The van der Waals surface area contributed by atoms with E-state index < -0.39 is 0 Å². The van der Waals surface area contributed by atoms with E-state index in [9.17, 15) is 9.18 Å². The zero-order valence-electron chi connectivity index (χ0n) is 10.1. The van der Waals surface area contributed by atoms with Crippen LogP contribution in [0.25, 0.3) is 0 Å². The number of nitrogens with zero attached hydrogens (tertiary/aromatic N) is 1. The largest absolute Gasteiger partial charge is 0.377 e. The van der Waals surface area contributed by atoms with Crippen molar-refractivity contribution in [3.63, 3.8) is 0 Å². The first-order valence-corrected chi connectivity index (χ1v) is 5.74. The SMILES string of the molecule is CC(=O)c1cc(F)ccc1N1CCOCC1C. The number of anilines is 1. The molecule has 1 aromatic carbocycles. The minimum Gasteiger partial charge on any atom is -0.377 e. The molecule has 92 valence electrons. The molecule has 1 heterocycles. The van der Waals surface area contributed by atoms with Gasteiger partial charge < -0.3 is 9.64 Å². The van der Waals surface area contributed by atoms with Crippen LogP contribution in [-0.2, 0) is 4.74 Å². The smallest absolute Gasteiger partial charge is 0.161 e. The van der Waals surface area contributed by atoms with Crippen LogP contribution in [0.3, 0.4) is 0 Å². The first-order chi connectivity index (χ1) is 8.09. The number of ether oxygens (including phenoxy) is 1. The summed E-state index contributed by atoms with van der Waals surface area (Å²) in [5.74, 6) is -0.488. The van der Waals surface area contributed by atoms with Gasteiger partial charge in [-0.1, -0.05) is 0 Å². The van der Waals surface area contributed by atoms with E-state index >= 15 is 0 Å². The molecule has 1 atom stereocenters. The van der Waals surface area contributed by atoms with E-state index in [1.54, 1.807) is 6.07 Å². The summed E-state index contributed by atoms with van der Waals surface area (Å²) in [5.41, 5.74) is 1.24. The van der Waals surface area contributed by atoms with Gasteiger partial charge in [0.1, 0.15) is 5.82 Å². The predicted molar refractivity (Wildman–Crippen MR) is 64.0 cm³/mol. The topological polar surface area (TPSA) is 29.5 Å². The summed E-state index contributed by atoms with van der Waals surface area (Å²) in [4.78, 5) is 13.6. The molecule has 1 saturated heterocycles. The number of Topliss-reactive ketones (excluding diaryl/α,β-unsaturated/α-hetero) is 1. The number of ketones is 1. The lowest BCUT2D eigenvalue weighted by Crippen LogP contribution is -2.44. The zero-order chi connectivity index (χ0) is 12.4. The summed E-state index contributed by atoms with van der Waals surface area (Å²) < 4.78 is 18.5. The van der Waals surface area contributed by atoms with E-state index in [0.717, 1.165) is 12.2 Å². The molecule has 1 unspecified atom stereocenters. The van der Waals surface area contributed by atoms with E-state index in [0.29, 0.717) is 18.8 Å². The summed E-state index contributed by atoms with van der Waals surface area (Å²) in [6.07, 6.45) is 0. The standard InChI is InChI=1S/C13H16FNO2/c1-9-8-17-6-5-15(9)13-4-3-11(14)7-12(13)10(2)16/h3-4,7,9H,5-6,8H2,1-2H3. The monoisotopic (exact) mass is 237 g/mol. The lowest BCUT2D eigenvalue weighted by atomic mass is 10.1. The highest BCUT2D eigenvalue weighted by Gasteiger charge is 2.22. The van der Waals surface area contributed by atoms with Gasteiger partial charge in [0.05, 0.1) is 13.2 Å². The van der Waals surface area contributed by atoms with Gasteiger partial charge in [0, 0.05) is 23.8 Å². The Morgan fingerprint density at radius 2 is 2.29 bits per heavy atom. The Labute approximate surface area is 100 Å². The molecule has 4 heteroatoms. The van der Waals surface area contributed by atoms with Crippen molar-refractivity contribution < 1.29 is 13.9 Å². The van der Waals surface area contributed by atoms with Gasteiger partial charge in [0.15, 0.2) is 5.78 Å². The molecule has 1 aliphatic heterocycles. The van der Waals surface area contributed by atoms with Gasteiger partial charge in [-0.25, -0.2) is 4.39 Å². The number of hydrogen-bond acceptors (Lipinski definition) is 3. The van der Waals surface area contributed by atoms with Crippen LogP contribution in [0, 0.1) is 5.82 Å². The maximum atomic E-state index is 13.2. The fourth-order valence-corrected chi connectivity index (χ4v) is 2.13. The van der Waals surface area contributed by atoms with E-state index in [2.05, 4.69) is 4.90 Å². The third-order valence-electron chi connectivity index (χ3n) is 3.01. The Morgan fingerprint density at radius 3 is 2.94 bits per heavy atom. The van der Waals surface area contributed by atoms with Gasteiger partial charge >= 0.3 is 0 Å².